The third-order valence-corrected chi connectivity index (χ3v) is 7.35. The van der Waals surface area contributed by atoms with Gasteiger partial charge in [0.15, 0.2) is 16.6 Å². The van der Waals surface area contributed by atoms with Crippen LogP contribution in [0.1, 0.15) is 29.7 Å². The minimum absolute atomic E-state index is 0.0510. The molecule has 1 unspecified atom stereocenters. The van der Waals surface area contributed by atoms with Crippen LogP contribution in [0.15, 0.2) is 66.2 Å². The highest BCUT2D eigenvalue weighted by molar-refractivity contribution is 7.22. The molecule has 3 aromatic carbocycles. The lowest BCUT2D eigenvalue weighted by Gasteiger charge is -2.24. The highest BCUT2D eigenvalue weighted by Crippen LogP contribution is 2.46. The van der Waals surface area contributed by atoms with Gasteiger partial charge in [0, 0.05) is 5.56 Å². The molecule has 5 rings (SSSR count). The predicted molar refractivity (Wildman–Crippen MR) is 146 cm³/mol. The number of fused-ring (bicyclic) bond motifs is 1. The van der Waals surface area contributed by atoms with E-state index in [1.54, 1.807) is 42.5 Å². The lowest BCUT2D eigenvalue weighted by molar-refractivity contribution is -0.132. The summed E-state index contributed by atoms with van der Waals surface area (Å²) in [5, 5.41) is 11.8. The maximum absolute atomic E-state index is 13.5. The number of ketones is 1. The lowest BCUT2D eigenvalue weighted by atomic mass is 9.95. The van der Waals surface area contributed by atoms with Crippen molar-refractivity contribution in [2.24, 2.45) is 0 Å². The van der Waals surface area contributed by atoms with Gasteiger partial charge in [0.1, 0.15) is 11.5 Å². The van der Waals surface area contributed by atoms with Crippen LogP contribution in [0, 0.1) is 6.92 Å². The Kier molecular flexibility index (Phi) is 6.77. The maximum Gasteiger partial charge on any atom is 0.301 e. The van der Waals surface area contributed by atoms with Crippen LogP contribution >= 0.6 is 11.3 Å². The fourth-order valence-electron chi connectivity index (χ4n) is 4.52. The van der Waals surface area contributed by atoms with Crippen molar-refractivity contribution in [3.8, 4) is 17.2 Å². The number of hydrogen-bond acceptors (Lipinski definition) is 8. The predicted octanol–water partition coefficient (Wildman–Crippen LogP) is 5.65. The first-order valence-corrected chi connectivity index (χ1v) is 12.8. The quantitative estimate of drug-likeness (QED) is 0.187. The van der Waals surface area contributed by atoms with Crippen LogP contribution < -0.4 is 19.1 Å². The zero-order valence-corrected chi connectivity index (χ0v) is 22.2. The average molecular weight is 531 g/mol. The van der Waals surface area contributed by atoms with Crippen LogP contribution in [0.5, 0.6) is 17.2 Å². The number of anilines is 1. The van der Waals surface area contributed by atoms with Gasteiger partial charge >= 0.3 is 5.91 Å². The number of nitrogens with zero attached hydrogens (tertiary/aromatic N) is 2. The van der Waals surface area contributed by atoms with Gasteiger partial charge in [0.25, 0.3) is 5.78 Å². The van der Waals surface area contributed by atoms with E-state index in [9.17, 15) is 14.7 Å². The molecule has 1 amide bonds. The molecule has 0 saturated carbocycles. The fourth-order valence-corrected chi connectivity index (χ4v) is 5.61. The molecule has 0 radical (unpaired) electrons. The normalized spacial score (nSPS) is 16.7. The number of hydrogen-bond donors (Lipinski definition) is 1. The number of amides is 1. The number of Topliss-reactive ketones (excluding diaryl/α,β-unsaturated/α-hetero) is 1. The summed E-state index contributed by atoms with van der Waals surface area (Å²) in [5.74, 6) is -0.416. The SMILES string of the molecule is CCOc1ccc(C2C(=C(O)c3cccc(OC)c3)C(=O)C(=O)N2c2nc3ccc(C)cc3s2)cc1OC. The fraction of sp³-hybridized carbons (Fsp3) is 0.207. The number of benzene rings is 3. The number of carbonyl (C=O) groups is 2. The van der Waals surface area contributed by atoms with Crippen LogP contribution in [-0.2, 0) is 9.59 Å². The molecular weight excluding hydrogens is 504 g/mol. The van der Waals surface area contributed by atoms with Gasteiger partial charge in [-0.1, -0.05) is 35.6 Å². The number of aryl methyl sites for hydroxylation is 1. The number of carbonyl (C=O) groups excluding carboxylic acids is 2. The smallest absolute Gasteiger partial charge is 0.301 e. The first-order chi connectivity index (χ1) is 18.4. The summed E-state index contributed by atoms with van der Waals surface area (Å²) in [4.78, 5) is 33.1. The molecule has 1 aliphatic rings. The topological polar surface area (TPSA) is 98.2 Å². The van der Waals surface area contributed by atoms with E-state index in [2.05, 4.69) is 4.98 Å². The molecule has 0 spiro atoms. The Bertz CT molecular complexity index is 1590. The molecule has 8 nitrogen and oxygen atoms in total. The molecule has 0 aliphatic carbocycles. The van der Waals surface area contributed by atoms with Crippen molar-refractivity contribution in [2.45, 2.75) is 19.9 Å². The maximum atomic E-state index is 13.5. The standard InChI is InChI=1S/C29H26N2O6S/c1-5-37-21-12-10-17(15-22(21)36-4)25-24(26(32)18-7-6-8-19(14-18)35-3)27(33)28(34)31(25)29-30-20-11-9-16(2)13-23(20)38-29/h6-15,25,32H,5H2,1-4H3. The summed E-state index contributed by atoms with van der Waals surface area (Å²) in [6.07, 6.45) is 0. The molecule has 1 N–H and O–H groups in total. The summed E-state index contributed by atoms with van der Waals surface area (Å²) in [6, 6.07) is 16.8. The average Bonchev–Trinajstić information content (AvgIpc) is 3.46. The lowest BCUT2D eigenvalue weighted by Crippen LogP contribution is -2.29. The van der Waals surface area contributed by atoms with E-state index in [1.165, 1.54) is 30.5 Å². The Morgan fingerprint density at radius 1 is 1.03 bits per heavy atom. The van der Waals surface area contributed by atoms with E-state index >= 15 is 0 Å². The number of aliphatic hydroxyl groups excluding tert-OH is 1. The molecule has 194 valence electrons. The first-order valence-electron chi connectivity index (χ1n) is 12.0. The van der Waals surface area contributed by atoms with Gasteiger partial charge in [-0.2, -0.15) is 0 Å². The van der Waals surface area contributed by atoms with Crippen LogP contribution in [0.3, 0.4) is 0 Å². The molecule has 38 heavy (non-hydrogen) atoms. The summed E-state index contributed by atoms with van der Waals surface area (Å²) >= 11 is 1.31. The molecule has 9 heteroatoms. The highest BCUT2D eigenvalue weighted by atomic mass is 32.1. The Morgan fingerprint density at radius 3 is 2.58 bits per heavy atom. The van der Waals surface area contributed by atoms with Gasteiger partial charge in [-0.05, 0) is 61.4 Å². The van der Waals surface area contributed by atoms with Crippen molar-refractivity contribution < 1.29 is 28.9 Å². The van der Waals surface area contributed by atoms with E-state index in [4.69, 9.17) is 14.2 Å². The Balaban J connectivity index is 1.74. The first kappa shape index (κ1) is 25.3. The monoisotopic (exact) mass is 530 g/mol. The van der Waals surface area contributed by atoms with Gasteiger partial charge in [0.05, 0.1) is 42.7 Å². The number of aliphatic hydroxyl groups is 1. The molecular formula is C29H26N2O6S. The minimum Gasteiger partial charge on any atom is -0.507 e. The van der Waals surface area contributed by atoms with Crippen molar-refractivity contribution in [3.05, 3.63) is 82.9 Å². The van der Waals surface area contributed by atoms with Crippen molar-refractivity contribution in [1.29, 1.82) is 0 Å². The Labute approximate surface area is 223 Å². The van der Waals surface area contributed by atoms with E-state index in [1.807, 2.05) is 32.0 Å². The van der Waals surface area contributed by atoms with E-state index in [-0.39, 0.29) is 11.3 Å². The second-order valence-electron chi connectivity index (χ2n) is 8.71. The molecule has 1 fully saturated rings. The van der Waals surface area contributed by atoms with Gasteiger partial charge in [0.2, 0.25) is 0 Å². The van der Waals surface area contributed by atoms with Crippen LogP contribution in [0.4, 0.5) is 5.13 Å². The Morgan fingerprint density at radius 2 is 1.84 bits per heavy atom. The van der Waals surface area contributed by atoms with Crippen LogP contribution in [0.2, 0.25) is 0 Å². The zero-order chi connectivity index (χ0) is 27.0. The Hall–Kier alpha value is -4.37. The highest BCUT2D eigenvalue weighted by Gasteiger charge is 2.48. The number of aromatic nitrogens is 1. The van der Waals surface area contributed by atoms with E-state index < -0.39 is 17.7 Å². The van der Waals surface area contributed by atoms with Gasteiger partial charge in [-0.15, -0.1) is 0 Å². The number of methoxy groups -OCH3 is 2. The second kappa shape index (κ2) is 10.2. The van der Waals surface area contributed by atoms with Crippen molar-refractivity contribution in [1.82, 2.24) is 4.98 Å². The molecule has 1 saturated heterocycles. The van der Waals surface area contributed by atoms with E-state index in [0.717, 1.165) is 10.3 Å². The summed E-state index contributed by atoms with van der Waals surface area (Å²) in [6.45, 7) is 4.28. The van der Waals surface area contributed by atoms with Gasteiger partial charge in [-0.3, -0.25) is 14.5 Å². The molecule has 1 atom stereocenters. The summed E-state index contributed by atoms with van der Waals surface area (Å²) in [5.41, 5.74) is 2.63. The molecule has 0 bridgehead atoms. The van der Waals surface area contributed by atoms with Crippen LogP contribution in [-0.4, -0.2) is 42.6 Å². The third kappa shape index (κ3) is 4.35. The van der Waals surface area contributed by atoms with Gasteiger partial charge < -0.3 is 19.3 Å². The molecule has 2 heterocycles. The summed E-state index contributed by atoms with van der Waals surface area (Å²) < 4.78 is 17.4. The van der Waals surface area contributed by atoms with Crippen molar-refractivity contribution >= 4 is 44.1 Å². The van der Waals surface area contributed by atoms with Crippen molar-refractivity contribution in [3.63, 3.8) is 0 Å². The third-order valence-electron chi connectivity index (χ3n) is 6.33. The molecule has 4 aromatic rings. The van der Waals surface area contributed by atoms with Crippen molar-refractivity contribution in [2.75, 3.05) is 25.7 Å². The minimum atomic E-state index is -0.951. The second-order valence-corrected chi connectivity index (χ2v) is 9.72. The largest absolute Gasteiger partial charge is 0.507 e. The van der Waals surface area contributed by atoms with Crippen LogP contribution in [0.25, 0.3) is 16.0 Å². The number of ether oxygens (including phenoxy) is 3. The molecule has 1 aromatic heterocycles. The molecule has 1 aliphatic heterocycles. The summed E-state index contributed by atoms with van der Waals surface area (Å²) in [7, 11) is 3.03. The zero-order valence-electron chi connectivity index (χ0n) is 21.3. The van der Waals surface area contributed by atoms with E-state index in [0.29, 0.717) is 45.6 Å². The van der Waals surface area contributed by atoms with Gasteiger partial charge in [-0.25, -0.2) is 4.98 Å². The number of rotatable bonds is 7. The number of thiazole rings is 1.